The van der Waals surface area contributed by atoms with Gasteiger partial charge in [0.05, 0.1) is 17.7 Å². The van der Waals surface area contributed by atoms with Gasteiger partial charge in [0.1, 0.15) is 23.8 Å². The Bertz CT molecular complexity index is 702. The van der Waals surface area contributed by atoms with Crippen LogP contribution in [0.4, 0.5) is 4.39 Å². The summed E-state index contributed by atoms with van der Waals surface area (Å²) in [6.07, 6.45) is 0. The quantitative estimate of drug-likeness (QED) is 0.792. The number of hydrogen-bond acceptors (Lipinski definition) is 5. The average Bonchev–Trinajstić information content (AvgIpc) is 2.37. The molecule has 1 aromatic carbocycles. The molecule has 0 aliphatic heterocycles. The molecule has 0 fully saturated rings. The second-order valence-electron chi connectivity index (χ2n) is 3.54. The highest BCUT2D eigenvalue weighted by atomic mass is 32.2. The molecule has 0 atom stereocenters. The van der Waals surface area contributed by atoms with Gasteiger partial charge >= 0.3 is 5.97 Å². The van der Waals surface area contributed by atoms with Crippen molar-refractivity contribution in [2.75, 3.05) is 13.1 Å². The van der Waals surface area contributed by atoms with Crippen molar-refractivity contribution in [3.05, 3.63) is 29.6 Å². The van der Waals surface area contributed by atoms with E-state index in [-0.39, 0.29) is 0 Å². The van der Waals surface area contributed by atoms with Crippen LogP contribution < -0.4 is 0 Å². The standard InChI is InChI=1S/C11H8FN3O4S/c12-9-7-8(11(16)17)1-2-10(9)20(18,19)15(5-3-13)6-4-14/h1-2,7H,5-6H2,(H,16,17). The Morgan fingerprint density at radius 1 is 1.30 bits per heavy atom. The Morgan fingerprint density at radius 2 is 1.85 bits per heavy atom. The Morgan fingerprint density at radius 3 is 2.25 bits per heavy atom. The van der Waals surface area contributed by atoms with Crippen molar-refractivity contribution >= 4 is 16.0 Å². The van der Waals surface area contributed by atoms with E-state index in [0.717, 1.165) is 12.1 Å². The maximum atomic E-state index is 13.7. The summed E-state index contributed by atoms with van der Waals surface area (Å²) in [6.45, 7) is -1.23. The zero-order valence-electron chi connectivity index (χ0n) is 9.95. The molecule has 0 saturated heterocycles. The lowest BCUT2D eigenvalue weighted by atomic mass is 10.2. The van der Waals surface area contributed by atoms with E-state index in [2.05, 4.69) is 0 Å². The molecular weight excluding hydrogens is 289 g/mol. The number of carboxylic acids is 1. The first-order valence-corrected chi connectivity index (χ1v) is 6.55. The van der Waals surface area contributed by atoms with Gasteiger partial charge in [0.25, 0.3) is 0 Å². The van der Waals surface area contributed by atoms with Crippen LogP contribution >= 0.6 is 0 Å². The fourth-order valence-electron chi connectivity index (χ4n) is 1.37. The van der Waals surface area contributed by atoms with Crippen LogP contribution in [-0.4, -0.2) is 36.9 Å². The Balaban J connectivity index is 3.32. The zero-order chi connectivity index (χ0) is 15.3. The topological polar surface area (TPSA) is 122 Å². The van der Waals surface area contributed by atoms with Crippen LogP contribution in [0, 0.1) is 28.5 Å². The fourth-order valence-corrected chi connectivity index (χ4v) is 2.64. The SMILES string of the molecule is N#CCN(CC#N)S(=O)(=O)c1ccc(C(=O)O)cc1F. The molecule has 0 aliphatic carbocycles. The molecule has 7 nitrogen and oxygen atoms in total. The highest BCUT2D eigenvalue weighted by molar-refractivity contribution is 7.89. The third-order valence-electron chi connectivity index (χ3n) is 2.29. The molecule has 0 aliphatic rings. The number of carboxylic acid groups (broad SMARTS) is 1. The molecule has 0 radical (unpaired) electrons. The highest BCUT2D eigenvalue weighted by Crippen LogP contribution is 2.20. The van der Waals surface area contributed by atoms with Gasteiger partial charge in [0.15, 0.2) is 0 Å². The van der Waals surface area contributed by atoms with Crippen molar-refractivity contribution in [2.45, 2.75) is 4.90 Å². The molecular formula is C11H8FN3O4S. The molecule has 9 heteroatoms. The summed E-state index contributed by atoms with van der Waals surface area (Å²) in [7, 11) is -4.38. The first-order valence-electron chi connectivity index (χ1n) is 5.11. The first-order chi connectivity index (χ1) is 9.34. The summed E-state index contributed by atoms with van der Waals surface area (Å²) in [5, 5.41) is 25.7. The van der Waals surface area contributed by atoms with E-state index in [1.807, 2.05) is 0 Å². The van der Waals surface area contributed by atoms with Crippen LogP contribution in [0.5, 0.6) is 0 Å². The monoisotopic (exact) mass is 297 g/mol. The lowest BCUT2D eigenvalue weighted by Gasteiger charge is -2.16. The van der Waals surface area contributed by atoms with Gasteiger partial charge in [-0.1, -0.05) is 0 Å². The second kappa shape index (κ2) is 6.10. The first kappa shape index (κ1) is 15.6. The van der Waals surface area contributed by atoms with E-state index in [4.69, 9.17) is 15.6 Å². The van der Waals surface area contributed by atoms with Crippen molar-refractivity contribution in [3.8, 4) is 12.1 Å². The van der Waals surface area contributed by atoms with Crippen LogP contribution in [0.3, 0.4) is 0 Å². The largest absolute Gasteiger partial charge is 0.478 e. The molecule has 0 amide bonds. The fraction of sp³-hybridized carbons (Fsp3) is 0.182. The number of sulfonamides is 1. The molecule has 0 unspecified atom stereocenters. The maximum Gasteiger partial charge on any atom is 0.335 e. The number of nitriles is 2. The summed E-state index contributed by atoms with van der Waals surface area (Å²) < 4.78 is 38.3. The van der Waals surface area contributed by atoms with Gasteiger partial charge < -0.3 is 5.11 Å². The van der Waals surface area contributed by atoms with Gasteiger partial charge in [-0.3, -0.25) is 0 Å². The minimum Gasteiger partial charge on any atom is -0.478 e. The Kier molecular flexibility index (Phi) is 4.75. The minimum atomic E-state index is -4.38. The van der Waals surface area contributed by atoms with E-state index >= 15 is 0 Å². The van der Waals surface area contributed by atoms with Crippen LogP contribution in [0.25, 0.3) is 0 Å². The predicted octanol–water partition coefficient (Wildman–Crippen LogP) is 0.562. The van der Waals surface area contributed by atoms with Crippen molar-refractivity contribution < 1.29 is 22.7 Å². The summed E-state index contributed by atoms with van der Waals surface area (Å²) in [6, 6.07) is 5.39. The Labute approximate surface area is 114 Å². The molecule has 1 rings (SSSR count). The van der Waals surface area contributed by atoms with Crippen LogP contribution in [0.15, 0.2) is 23.1 Å². The number of aromatic carboxylic acids is 1. The van der Waals surface area contributed by atoms with E-state index in [1.54, 1.807) is 12.1 Å². The van der Waals surface area contributed by atoms with Crippen molar-refractivity contribution in [3.63, 3.8) is 0 Å². The van der Waals surface area contributed by atoms with Crippen LogP contribution in [0.2, 0.25) is 0 Å². The molecule has 0 spiro atoms. The molecule has 0 aromatic heterocycles. The van der Waals surface area contributed by atoms with Gasteiger partial charge in [-0.15, -0.1) is 0 Å². The normalized spacial score (nSPS) is 10.8. The molecule has 1 aromatic rings. The molecule has 1 N–H and O–H groups in total. The van der Waals surface area contributed by atoms with Crippen molar-refractivity contribution in [2.24, 2.45) is 0 Å². The summed E-state index contributed by atoms with van der Waals surface area (Å²) in [5.74, 6) is -2.66. The molecule has 0 heterocycles. The van der Waals surface area contributed by atoms with Gasteiger partial charge in [-0.05, 0) is 18.2 Å². The summed E-state index contributed by atoms with van der Waals surface area (Å²) in [5.41, 5.74) is -0.409. The molecule has 0 bridgehead atoms. The van der Waals surface area contributed by atoms with E-state index in [0.29, 0.717) is 10.4 Å². The van der Waals surface area contributed by atoms with Crippen LogP contribution in [-0.2, 0) is 10.0 Å². The van der Waals surface area contributed by atoms with Gasteiger partial charge in [0.2, 0.25) is 10.0 Å². The molecule has 0 saturated carbocycles. The van der Waals surface area contributed by atoms with E-state index in [1.165, 1.54) is 0 Å². The van der Waals surface area contributed by atoms with E-state index < -0.39 is 45.4 Å². The Hall–Kier alpha value is -2.49. The minimum absolute atomic E-state index is 0.409. The number of benzene rings is 1. The molecule has 104 valence electrons. The van der Waals surface area contributed by atoms with Gasteiger partial charge in [-0.25, -0.2) is 17.6 Å². The number of hydrogen-bond donors (Lipinski definition) is 1. The number of rotatable bonds is 5. The third-order valence-corrected chi connectivity index (χ3v) is 4.12. The lowest BCUT2D eigenvalue weighted by Crippen LogP contribution is -2.32. The van der Waals surface area contributed by atoms with Crippen molar-refractivity contribution in [1.29, 1.82) is 10.5 Å². The van der Waals surface area contributed by atoms with Crippen molar-refractivity contribution in [1.82, 2.24) is 4.31 Å². The maximum absolute atomic E-state index is 13.7. The summed E-state index contributed by atoms with van der Waals surface area (Å²) >= 11 is 0. The number of nitrogens with zero attached hydrogens (tertiary/aromatic N) is 3. The summed E-state index contributed by atoms with van der Waals surface area (Å²) in [4.78, 5) is 9.86. The van der Waals surface area contributed by atoms with Gasteiger partial charge in [-0.2, -0.15) is 14.8 Å². The number of carbonyl (C=O) groups is 1. The van der Waals surface area contributed by atoms with E-state index in [9.17, 15) is 17.6 Å². The lowest BCUT2D eigenvalue weighted by molar-refractivity contribution is 0.0696. The van der Waals surface area contributed by atoms with Crippen LogP contribution in [0.1, 0.15) is 10.4 Å². The zero-order valence-corrected chi connectivity index (χ0v) is 10.8. The van der Waals surface area contributed by atoms with Gasteiger partial charge in [0, 0.05) is 0 Å². The smallest absolute Gasteiger partial charge is 0.335 e. The number of halogens is 1. The predicted molar refractivity (Wildman–Crippen MR) is 63.3 cm³/mol. The second-order valence-corrected chi connectivity index (χ2v) is 5.45. The highest BCUT2D eigenvalue weighted by Gasteiger charge is 2.27. The molecule has 20 heavy (non-hydrogen) atoms. The average molecular weight is 297 g/mol. The third kappa shape index (κ3) is 3.09.